The molecule has 12 heteroatoms. The number of amides is 2. The third kappa shape index (κ3) is 5.72. The van der Waals surface area contributed by atoms with E-state index in [1.807, 2.05) is 40.8 Å². The largest absolute Gasteiger partial charge is 0.378 e. The number of hydrazone groups is 1. The summed E-state index contributed by atoms with van der Waals surface area (Å²) >= 11 is 0. The maximum atomic E-state index is 14.5. The molecule has 1 unspecified atom stereocenters. The van der Waals surface area contributed by atoms with Gasteiger partial charge in [-0.15, -0.1) is 0 Å². The van der Waals surface area contributed by atoms with Crippen LogP contribution in [0.1, 0.15) is 22.8 Å². The van der Waals surface area contributed by atoms with Crippen LogP contribution >= 0.6 is 0 Å². The van der Waals surface area contributed by atoms with Gasteiger partial charge in [0.25, 0.3) is 5.91 Å². The molecular weight excluding hydrogens is 539 g/mol. The Bertz CT molecular complexity index is 1480. The van der Waals surface area contributed by atoms with Crippen molar-refractivity contribution in [2.24, 2.45) is 16.0 Å². The average molecular weight is 575 g/mol. The fourth-order valence-corrected chi connectivity index (χ4v) is 5.73. The predicted octanol–water partition coefficient (Wildman–Crippen LogP) is 2.63. The van der Waals surface area contributed by atoms with Crippen molar-refractivity contribution in [2.45, 2.75) is 13.8 Å². The number of ether oxygens (including phenoxy) is 1. The van der Waals surface area contributed by atoms with Crippen molar-refractivity contribution in [3.63, 3.8) is 0 Å². The number of hydrogen-bond acceptors (Lipinski definition) is 9. The number of fused-ring (bicyclic) bond motifs is 1. The fraction of sp³-hybridized carbons (Fsp3) is 0.400. The van der Waals surface area contributed by atoms with Crippen LogP contribution in [0, 0.1) is 18.7 Å². The van der Waals surface area contributed by atoms with Crippen LogP contribution in [-0.4, -0.2) is 92.9 Å². The molecule has 4 heterocycles. The molecule has 0 aliphatic carbocycles. The number of halogens is 1. The quantitative estimate of drug-likeness (QED) is 0.503. The zero-order chi connectivity index (χ0) is 29.2. The van der Waals surface area contributed by atoms with Crippen LogP contribution in [0.5, 0.6) is 0 Å². The van der Waals surface area contributed by atoms with Gasteiger partial charge in [0.15, 0.2) is 5.84 Å². The van der Waals surface area contributed by atoms with E-state index in [0.29, 0.717) is 63.1 Å². The van der Waals surface area contributed by atoms with Crippen molar-refractivity contribution < 1.29 is 18.7 Å². The molecule has 42 heavy (non-hydrogen) atoms. The predicted molar refractivity (Wildman–Crippen MR) is 160 cm³/mol. The zero-order valence-corrected chi connectivity index (χ0v) is 23.8. The highest BCUT2D eigenvalue weighted by molar-refractivity contribution is 6.13. The van der Waals surface area contributed by atoms with E-state index in [0.717, 1.165) is 35.6 Å². The normalized spacial score (nSPS) is 20.4. The van der Waals surface area contributed by atoms with Crippen molar-refractivity contribution in [3.8, 4) is 0 Å². The Morgan fingerprint density at radius 2 is 1.83 bits per heavy atom. The van der Waals surface area contributed by atoms with E-state index in [2.05, 4.69) is 26.0 Å². The summed E-state index contributed by atoms with van der Waals surface area (Å²) in [6, 6.07) is 9.90. The van der Waals surface area contributed by atoms with Gasteiger partial charge in [0.2, 0.25) is 5.91 Å². The van der Waals surface area contributed by atoms with Gasteiger partial charge in [0, 0.05) is 61.9 Å². The van der Waals surface area contributed by atoms with Crippen LogP contribution in [0.3, 0.4) is 0 Å². The highest BCUT2D eigenvalue weighted by Gasteiger charge is 2.39. The summed E-state index contributed by atoms with van der Waals surface area (Å²) in [4.78, 5) is 34.9. The topological polar surface area (TPSA) is 114 Å². The Kier molecular flexibility index (Phi) is 7.90. The van der Waals surface area contributed by atoms with Crippen molar-refractivity contribution in [1.29, 1.82) is 0 Å². The number of nitrogens with zero attached hydrogens (tertiary/aromatic N) is 5. The molecule has 11 nitrogen and oxygen atoms in total. The summed E-state index contributed by atoms with van der Waals surface area (Å²) in [7, 11) is 0. The highest BCUT2D eigenvalue weighted by Crippen LogP contribution is 2.33. The number of piperazine rings is 1. The van der Waals surface area contributed by atoms with Gasteiger partial charge in [0.1, 0.15) is 17.9 Å². The fourth-order valence-electron chi connectivity index (χ4n) is 5.73. The van der Waals surface area contributed by atoms with Crippen LogP contribution in [0.15, 0.2) is 57.8 Å². The third-order valence-electron chi connectivity index (χ3n) is 8.11. The number of carbonyl (C=O) groups is 2. The first-order valence-corrected chi connectivity index (χ1v) is 14.3. The molecule has 220 valence electrons. The number of benzene rings is 2. The lowest BCUT2D eigenvalue weighted by molar-refractivity contribution is -0.134. The van der Waals surface area contributed by atoms with Crippen LogP contribution in [0.25, 0.3) is 0 Å². The van der Waals surface area contributed by atoms with E-state index in [9.17, 15) is 14.0 Å². The Morgan fingerprint density at radius 1 is 1.05 bits per heavy atom. The maximum Gasteiger partial charge on any atom is 0.255 e. The van der Waals surface area contributed by atoms with E-state index in [4.69, 9.17) is 4.74 Å². The van der Waals surface area contributed by atoms with E-state index >= 15 is 0 Å². The number of anilines is 3. The molecule has 1 atom stereocenters. The second-order valence-electron chi connectivity index (χ2n) is 10.9. The molecule has 2 aromatic rings. The first-order valence-electron chi connectivity index (χ1n) is 14.3. The minimum atomic E-state index is -0.467. The van der Waals surface area contributed by atoms with E-state index in [-0.39, 0.29) is 17.4 Å². The number of aryl methyl sites for hydroxylation is 1. The van der Waals surface area contributed by atoms with Crippen LogP contribution in [0.2, 0.25) is 0 Å². The molecule has 2 amide bonds. The molecule has 0 saturated carbocycles. The third-order valence-corrected chi connectivity index (χ3v) is 8.11. The number of hydrogen-bond donors (Lipinski definition) is 3. The van der Waals surface area contributed by atoms with Crippen LogP contribution in [-0.2, 0) is 9.53 Å². The minimum Gasteiger partial charge on any atom is -0.378 e. The van der Waals surface area contributed by atoms with Crippen molar-refractivity contribution >= 4 is 41.1 Å². The molecule has 2 aromatic carbocycles. The molecule has 0 aromatic heterocycles. The number of amidine groups is 1. The second kappa shape index (κ2) is 11.9. The standard InChI is InChI=1S/C30H35FN8O3/c1-19-3-4-23(35-29(40)21-13-22(31)15-24(14-21)37-9-11-42-12-10-37)16-26(19)36-28-27-20(2)25(17-39(27)34-18-33-28)30(41)38-7-5-32-6-8-38/h3-4,13-16,18,25,32H,5-12,17H2,1-2H3,(H,35,40)(H,33,34,36). The summed E-state index contributed by atoms with van der Waals surface area (Å²) in [6.45, 7) is 9.79. The summed E-state index contributed by atoms with van der Waals surface area (Å²) in [5.41, 5.74) is 4.84. The number of carbonyl (C=O) groups excluding carboxylic acids is 2. The van der Waals surface area contributed by atoms with Gasteiger partial charge in [-0.3, -0.25) is 14.6 Å². The lowest BCUT2D eigenvalue weighted by Crippen LogP contribution is -2.49. The molecule has 4 aliphatic rings. The molecule has 0 radical (unpaired) electrons. The Hall–Kier alpha value is -4.29. The van der Waals surface area contributed by atoms with Gasteiger partial charge >= 0.3 is 0 Å². The van der Waals surface area contributed by atoms with E-state index < -0.39 is 11.7 Å². The molecule has 0 bridgehead atoms. The minimum absolute atomic E-state index is 0.112. The smallest absolute Gasteiger partial charge is 0.255 e. The van der Waals surface area contributed by atoms with E-state index in [1.165, 1.54) is 18.5 Å². The molecule has 3 N–H and O–H groups in total. The molecule has 2 saturated heterocycles. The van der Waals surface area contributed by atoms with E-state index in [1.54, 1.807) is 12.1 Å². The molecule has 4 aliphatic heterocycles. The Morgan fingerprint density at radius 3 is 2.62 bits per heavy atom. The highest BCUT2D eigenvalue weighted by atomic mass is 19.1. The van der Waals surface area contributed by atoms with Gasteiger partial charge in [-0.1, -0.05) is 6.07 Å². The van der Waals surface area contributed by atoms with Crippen molar-refractivity contribution in [2.75, 3.05) is 74.6 Å². The molecule has 0 spiro atoms. The average Bonchev–Trinajstić information content (AvgIpc) is 3.36. The summed E-state index contributed by atoms with van der Waals surface area (Å²) in [5, 5.41) is 15.8. The van der Waals surface area contributed by atoms with Gasteiger partial charge in [-0.05, 0) is 55.3 Å². The maximum absolute atomic E-state index is 14.5. The first kappa shape index (κ1) is 27.9. The number of nitrogens with one attached hydrogen (secondary N) is 3. The second-order valence-corrected chi connectivity index (χ2v) is 10.9. The van der Waals surface area contributed by atoms with Crippen molar-refractivity contribution in [1.82, 2.24) is 15.2 Å². The lowest BCUT2D eigenvalue weighted by Gasteiger charge is -2.30. The summed E-state index contributed by atoms with van der Waals surface area (Å²) < 4.78 is 19.9. The van der Waals surface area contributed by atoms with Gasteiger partial charge in [-0.25, -0.2) is 9.38 Å². The van der Waals surface area contributed by atoms with Gasteiger partial charge < -0.3 is 30.5 Å². The molecular formula is C30H35FN8O3. The molecule has 6 rings (SSSR count). The number of rotatable bonds is 5. The van der Waals surface area contributed by atoms with Gasteiger partial charge in [0.05, 0.1) is 25.7 Å². The summed E-state index contributed by atoms with van der Waals surface area (Å²) in [6.07, 6.45) is 1.48. The monoisotopic (exact) mass is 574 g/mol. The lowest BCUT2D eigenvalue weighted by atomic mass is 10.00. The van der Waals surface area contributed by atoms with Crippen molar-refractivity contribution in [3.05, 3.63) is 64.6 Å². The Labute approximate surface area is 244 Å². The number of morpholine rings is 1. The first-order chi connectivity index (χ1) is 20.4. The van der Waals surface area contributed by atoms with Gasteiger partial charge in [-0.2, -0.15) is 5.10 Å². The summed E-state index contributed by atoms with van der Waals surface area (Å²) in [5.74, 6) is -0.465. The zero-order valence-electron chi connectivity index (χ0n) is 23.8. The van der Waals surface area contributed by atoms with Crippen LogP contribution < -0.4 is 20.9 Å². The van der Waals surface area contributed by atoms with Crippen LogP contribution in [0.4, 0.5) is 21.5 Å². The number of aliphatic imine (C=N–C) groups is 1. The SMILES string of the molecule is CC1=C2C(Nc3cc(NC(=O)c4cc(F)cc(N5CCOCC5)c4)ccc3C)=NC=NN2CC1C(=O)N1CCNCC1. The Balaban J connectivity index is 1.19. The molecule has 2 fully saturated rings.